The zero-order valence-corrected chi connectivity index (χ0v) is 7.57. The van der Waals surface area contributed by atoms with Crippen LogP contribution < -0.4 is 10.4 Å². The van der Waals surface area contributed by atoms with Crippen LogP contribution in [0.3, 0.4) is 0 Å². The monoisotopic (exact) mass is 171 g/mol. The van der Waals surface area contributed by atoms with Gasteiger partial charge in [0.25, 0.3) is 0 Å². The van der Waals surface area contributed by atoms with Crippen LogP contribution in [0.15, 0.2) is 4.79 Å². The number of aromatic nitrogens is 3. The second-order valence-electron chi connectivity index (χ2n) is 2.60. The topological polar surface area (TPSA) is 49.1 Å². The first-order valence-corrected chi connectivity index (χ1v) is 3.89. The summed E-state index contributed by atoms with van der Waals surface area (Å²) in [4.78, 5) is 11.1. The smallest absolute Gasteiger partial charge is 0.348 e. The molecule has 0 aliphatic heterocycles. The molecule has 5 heteroatoms. The Balaban J connectivity index is 2.86. The molecule has 0 amide bonds. The molecule has 0 aliphatic carbocycles. The van der Waals surface area contributed by atoms with Gasteiger partial charge in [0.2, 0.25) is 0 Å². The quantitative estimate of drug-likeness (QED) is 0.638. The molecule has 12 heavy (non-hydrogen) atoms. The lowest BCUT2D eigenvalue weighted by Crippen LogP contribution is -2.20. The molecule has 68 valence electrons. The molecule has 0 spiro atoms. The molecule has 5 nitrogen and oxygen atoms in total. The van der Waals surface area contributed by atoms with Gasteiger partial charge in [-0.05, 0) is 6.42 Å². The van der Waals surface area contributed by atoms with Gasteiger partial charge in [0.1, 0.15) is 0 Å². The summed E-state index contributed by atoms with van der Waals surface area (Å²) >= 11 is 0. The highest BCUT2D eigenvalue weighted by molar-refractivity contribution is 4.91. The van der Waals surface area contributed by atoms with E-state index in [1.54, 1.807) is 14.1 Å². The predicted octanol–water partition coefficient (Wildman–Crippen LogP) is -0.0924. The van der Waals surface area contributed by atoms with Gasteiger partial charge in [-0.25, -0.2) is 14.0 Å². The summed E-state index contributed by atoms with van der Waals surface area (Å²) in [7, 11) is 3.24. The molecular formula is C7H13N3O2. The molecule has 0 aromatic carbocycles. The first kappa shape index (κ1) is 8.83. The fraction of sp³-hybridized carbons (Fsp3) is 0.714. The summed E-state index contributed by atoms with van der Waals surface area (Å²) in [5, 5.41) is 3.89. The van der Waals surface area contributed by atoms with Gasteiger partial charge in [0, 0.05) is 14.1 Å². The maximum Gasteiger partial charge on any atom is 0.348 e. The van der Waals surface area contributed by atoms with Crippen molar-refractivity contribution < 1.29 is 4.74 Å². The molecule has 0 N–H and O–H groups in total. The molecule has 0 unspecified atom stereocenters. The van der Waals surface area contributed by atoms with Gasteiger partial charge >= 0.3 is 11.7 Å². The second-order valence-corrected chi connectivity index (χ2v) is 2.60. The third-order valence-electron chi connectivity index (χ3n) is 1.52. The number of hydrogen-bond donors (Lipinski definition) is 0. The first-order valence-electron chi connectivity index (χ1n) is 3.89. The molecule has 1 heterocycles. The van der Waals surface area contributed by atoms with E-state index in [0.29, 0.717) is 12.6 Å². The Bertz CT molecular complexity index is 313. The van der Waals surface area contributed by atoms with Crippen molar-refractivity contribution in [3.8, 4) is 6.01 Å². The average molecular weight is 171 g/mol. The van der Waals surface area contributed by atoms with Crippen molar-refractivity contribution in [1.82, 2.24) is 14.3 Å². The summed E-state index contributed by atoms with van der Waals surface area (Å²) in [5.41, 5.74) is -0.166. The minimum atomic E-state index is -0.166. The number of hydrogen-bond acceptors (Lipinski definition) is 3. The lowest BCUT2D eigenvalue weighted by atomic mass is 10.5. The molecule has 0 bridgehead atoms. The van der Waals surface area contributed by atoms with E-state index in [4.69, 9.17) is 4.74 Å². The number of ether oxygens (including phenoxy) is 1. The molecule has 0 aliphatic rings. The first-order chi connectivity index (χ1) is 5.66. The maximum atomic E-state index is 11.1. The van der Waals surface area contributed by atoms with E-state index in [0.717, 1.165) is 6.42 Å². The van der Waals surface area contributed by atoms with Gasteiger partial charge in [-0.15, -0.1) is 5.10 Å². The van der Waals surface area contributed by atoms with Gasteiger partial charge in [-0.2, -0.15) is 0 Å². The van der Waals surface area contributed by atoms with Crippen molar-refractivity contribution in [2.45, 2.75) is 13.3 Å². The number of rotatable bonds is 3. The van der Waals surface area contributed by atoms with Crippen molar-refractivity contribution in [3.63, 3.8) is 0 Å². The third-order valence-corrected chi connectivity index (χ3v) is 1.52. The molecular weight excluding hydrogens is 158 g/mol. The Hall–Kier alpha value is -1.26. The van der Waals surface area contributed by atoms with E-state index in [2.05, 4.69) is 5.10 Å². The van der Waals surface area contributed by atoms with Crippen molar-refractivity contribution in [2.75, 3.05) is 6.61 Å². The molecule has 0 atom stereocenters. The van der Waals surface area contributed by atoms with Gasteiger partial charge < -0.3 is 4.74 Å². The Morgan fingerprint density at radius 1 is 1.50 bits per heavy atom. The van der Waals surface area contributed by atoms with E-state index in [1.165, 1.54) is 9.25 Å². The van der Waals surface area contributed by atoms with Crippen LogP contribution in [-0.2, 0) is 14.1 Å². The summed E-state index contributed by atoms with van der Waals surface area (Å²) in [5.74, 6) is 0. The van der Waals surface area contributed by atoms with E-state index in [9.17, 15) is 4.79 Å². The van der Waals surface area contributed by atoms with Crippen LogP contribution >= 0.6 is 0 Å². The van der Waals surface area contributed by atoms with E-state index in [-0.39, 0.29) is 5.69 Å². The molecule has 1 rings (SSSR count). The molecule has 0 radical (unpaired) electrons. The lowest BCUT2D eigenvalue weighted by molar-refractivity contribution is 0.280. The van der Waals surface area contributed by atoms with E-state index >= 15 is 0 Å². The Labute approximate surface area is 70.6 Å². The average Bonchev–Trinajstić information content (AvgIpc) is 2.30. The summed E-state index contributed by atoms with van der Waals surface area (Å²) in [6.07, 6.45) is 0.908. The van der Waals surface area contributed by atoms with Gasteiger partial charge in [-0.1, -0.05) is 6.92 Å². The molecule has 0 saturated carbocycles. The van der Waals surface area contributed by atoms with Gasteiger partial charge in [0.15, 0.2) is 0 Å². The Kier molecular flexibility index (Phi) is 2.52. The highest BCUT2D eigenvalue weighted by Gasteiger charge is 2.06. The molecule has 1 aromatic rings. The fourth-order valence-corrected chi connectivity index (χ4v) is 0.856. The zero-order chi connectivity index (χ0) is 9.14. The minimum Gasteiger partial charge on any atom is -0.464 e. The van der Waals surface area contributed by atoms with Gasteiger partial charge in [0.05, 0.1) is 6.61 Å². The van der Waals surface area contributed by atoms with Crippen LogP contribution in [0.4, 0.5) is 0 Å². The van der Waals surface area contributed by atoms with E-state index in [1.807, 2.05) is 6.92 Å². The van der Waals surface area contributed by atoms with E-state index < -0.39 is 0 Å². The van der Waals surface area contributed by atoms with Crippen molar-refractivity contribution in [2.24, 2.45) is 14.1 Å². The lowest BCUT2D eigenvalue weighted by Gasteiger charge is -1.99. The summed E-state index contributed by atoms with van der Waals surface area (Å²) < 4.78 is 7.86. The number of nitrogens with zero attached hydrogens (tertiary/aromatic N) is 3. The Morgan fingerprint density at radius 3 is 2.58 bits per heavy atom. The van der Waals surface area contributed by atoms with Crippen molar-refractivity contribution in [3.05, 3.63) is 10.5 Å². The molecule has 1 aromatic heterocycles. The van der Waals surface area contributed by atoms with Crippen LogP contribution in [-0.4, -0.2) is 21.0 Å². The normalized spacial score (nSPS) is 10.2. The standard InChI is InChI=1S/C7H13N3O2/c1-4-5-12-6-8-10(3)7(11)9(6)2/h4-5H2,1-3H3. The number of aryl methyl sites for hydroxylation is 1. The summed E-state index contributed by atoms with van der Waals surface area (Å²) in [6.45, 7) is 2.59. The van der Waals surface area contributed by atoms with Crippen molar-refractivity contribution >= 4 is 0 Å². The third kappa shape index (κ3) is 1.49. The SMILES string of the molecule is CCCOc1nn(C)c(=O)n1C. The Morgan fingerprint density at radius 2 is 2.17 bits per heavy atom. The summed E-state index contributed by atoms with van der Waals surface area (Å²) in [6, 6.07) is 0.379. The molecule has 0 fully saturated rings. The van der Waals surface area contributed by atoms with Crippen LogP contribution in [0.1, 0.15) is 13.3 Å². The van der Waals surface area contributed by atoms with Crippen molar-refractivity contribution in [1.29, 1.82) is 0 Å². The minimum absolute atomic E-state index is 0.166. The van der Waals surface area contributed by atoms with Gasteiger partial charge in [-0.3, -0.25) is 0 Å². The van der Waals surface area contributed by atoms with Crippen LogP contribution in [0.5, 0.6) is 6.01 Å². The fourth-order valence-electron chi connectivity index (χ4n) is 0.856. The predicted molar refractivity (Wildman–Crippen MR) is 44.2 cm³/mol. The highest BCUT2D eigenvalue weighted by Crippen LogP contribution is 1.99. The van der Waals surface area contributed by atoms with Crippen LogP contribution in [0, 0.1) is 0 Å². The molecule has 0 saturated heterocycles. The second kappa shape index (κ2) is 3.42. The zero-order valence-electron chi connectivity index (χ0n) is 7.57. The van der Waals surface area contributed by atoms with Crippen LogP contribution in [0.25, 0.3) is 0 Å². The van der Waals surface area contributed by atoms with Crippen LogP contribution in [0.2, 0.25) is 0 Å². The highest BCUT2D eigenvalue weighted by atomic mass is 16.5. The largest absolute Gasteiger partial charge is 0.464 e. The maximum absolute atomic E-state index is 11.1.